The lowest BCUT2D eigenvalue weighted by molar-refractivity contribution is -0.161. The van der Waals surface area contributed by atoms with Crippen LogP contribution >= 0.6 is 15.6 Å². The molecule has 0 aliphatic heterocycles. The molecule has 19 heteroatoms. The van der Waals surface area contributed by atoms with Crippen LogP contribution in [0.25, 0.3) is 0 Å². The number of ether oxygens (including phenoxy) is 4. The van der Waals surface area contributed by atoms with Crippen LogP contribution in [0.5, 0.6) is 0 Å². The highest BCUT2D eigenvalue weighted by Crippen LogP contribution is 2.45. The Bertz CT molecular complexity index is 1850. The maximum Gasteiger partial charge on any atom is 0.472 e. The second-order valence-corrected chi connectivity index (χ2v) is 31.6. The van der Waals surface area contributed by atoms with Crippen molar-refractivity contribution in [3.8, 4) is 0 Å². The van der Waals surface area contributed by atoms with E-state index >= 15 is 0 Å². The van der Waals surface area contributed by atoms with Crippen molar-refractivity contribution in [2.45, 2.75) is 395 Å². The summed E-state index contributed by atoms with van der Waals surface area (Å²) in [7, 11) is -9.91. The molecule has 4 unspecified atom stereocenters. The van der Waals surface area contributed by atoms with Crippen LogP contribution in [-0.4, -0.2) is 96.7 Å². The molecule has 0 heterocycles. The van der Waals surface area contributed by atoms with Crippen LogP contribution in [0.1, 0.15) is 376 Å². The zero-order chi connectivity index (χ0) is 69.6. The molecule has 0 spiro atoms. The van der Waals surface area contributed by atoms with Gasteiger partial charge in [0.15, 0.2) is 12.2 Å². The van der Waals surface area contributed by atoms with E-state index in [-0.39, 0.29) is 25.7 Å². The molecule has 0 aliphatic rings. The second kappa shape index (κ2) is 64.4. The number of esters is 4. The Hall–Kier alpha value is -1.94. The lowest BCUT2D eigenvalue weighted by atomic mass is 10.00. The van der Waals surface area contributed by atoms with Crippen molar-refractivity contribution < 1.29 is 80.2 Å². The molecule has 558 valence electrons. The van der Waals surface area contributed by atoms with Crippen LogP contribution in [0.15, 0.2) is 0 Å². The molecule has 6 atom stereocenters. The molecular weight excluding hydrogens is 1230 g/mol. The minimum atomic E-state index is -4.96. The summed E-state index contributed by atoms with van der Waals surface area (Å²) in [6.45, 7) is 14.1. The van der Waals surface area contributed by atoms with Gasteiger partial charge < -0.3 is 33.8 Å². The van der Waals surface area contributed by atoms with Gasteiger partial charge >= 0.3 is 39.5 Å². The highest BCUT2D eigenvalue weighted by molar-refractivity contribution is 7.47. The Morgan fingerprint density at radius 3 is 0.755 bits per heavy atom. The van der Waals surface area contributed by atoms with Crippen LogP contribution in [0.2, 0.25) is 0 Å². The van der Waals surface area contributed by atoms with E-state index in [1.54, 1.807) is 0 Å². The zero-order valence-electron chi connectivity index (χ0n) is 61.6. The highest BCUT2D eigenvalue weighted by atomic mass is 31.2. The maximum absolute atomic E-state index is 13.1. The van der Waals surface area contributed by atoms with Crippen molar-refractivity contribution in [2.24, 2.45) is 23.7 Å². The van der Waals surface area contributed by atoms with Gasteiger partial charge in [0.05, 0.1) is 26.4 Å². The lowest BCUT2D eigenvalue weighted by Gasteiger charge is -2.21. The van der Waals surface area contributed by atoms with Crippen molar-refractivity contribution in [1.29, 1.82) is 0 Å². The fourth-order valence-electron chi connectivity index (χ4n) is 11.3. The Morgan fingerprint density at radius 2 is 0.511 bits per heavy atom. The Kier molecular flexibility index (Phi) is 63.1. The summed E-state index contributed by atoms with van der Waals surface area (Å²) in [5, 5.41) is 10.6. The minimum Gasteiger partial charge on any atom is -0.462 e. The molecule has 0 bridgehead atoms. The Balaban J connectivity index is 5.17. The van der Waals surface area contributed by atoms with Crippen molar-refractivity contribution in [3.63, 3.8) is 0 Å². The van der Waals surface area contributed by atoms with Crippen molar-refractivity contribution in [1.82, 2.24) is 0 Å². The van der Waals surface area contributed by atoms with E-state index in [1.165, 1.54) is 173 Å². The standard InChI is InChI=1S/C75H146O17P2/c1-9-68(8)54-46-38-33-34-42-50-58-75(80)92-71(62-85-72(77)55-47-39-30-24-21-20-23-28-36-44-52-66(4)5)64-90-94(83,84)88-60-69(76)59-87-93(81,82)89-63-70(61-86-73(78)56-48-40-32-26-29-37-45-53-67(6)7)91-74(79)57-49-41-31-25-19-17-15-13-11-10-12-14-16-18-22-27-35-43-51-65(2)3/h65-71,76H,9-64H2,1-8H3,(H,81,82)(H,83,84)/t68?,69?,70-,71-/m1/s1. The number of phosphoric ester groups is 2. The normalized spacial score (nSPS) is 14.4. The van der Waals surface area contributed by atoms with Gasteiger partial charge in [0.2, 0.25) is 0 Å². The largest absolute Gasteiger partial charge is 0.472 e. The highest BCUT2D eigenvalue weighted by Gasteiger charge is 2.30. The molecule has 94 heavy (non-hydrogen) atoms. The molecule has 3 N–H and O–H groups in total. The number of hydrogen-bond donors (Lipinski definition) is 3. The summed E-state index contributed by atoms with van der Waals surface area (Å²) < 4.78 is 68.4. The number of aliphatic hydroxyl groups excluding tert-OH is 1. The zero-order valence-corrected chi connectivity index (χ0v) is 63.4. The first-order valence-electron chi connectivity index (χ1n) is 38.7. The fourth-order valence-corrected chi connectivity index (χ4v) is 12.9. The third-order valence-electron chi connectivity index (χ3n) is 17.7. The van der Waals surface area contributed by atoms with Crippen LogP contribution < -0.4 is 0 Å². The van der Waals surface area contributed by atoms with E-state index in [4.69, 9.17) is 37.0 Å². The van der Waals surface area contributed by atoms with Gasteiger partial charge in [0, 0.05) is 25.7 Å². The van der Waals surface area contributed by atoms with Crippen molar-refractivity contribution >= 4 is 39.5 Å². The molecule has 0 aromatic carbocycles. The summed E-state index contributed by atoms with van der Waals surface area (Å²) >= 11 is 0. The minimum absolute atomic E-state index is 0.102. The molecule has 17 nitrogen and oxygen atoms in total. The van der Waals surface area contributed by atoms with Gasteiger partial charge in [-0.25, -0.2) is 9.13 Å². The SMILES string of the molecule is CCC(C)CCCCCCCCC(=O)O[C@H](COC(=O)CCCCCCCCCCCCC(C)C)COP(=O)(O)OCC(O)COP(=O)(O)OC[C@@H](COC(=O)CCCCCCCCCC(C)C)OC(=O)CCCCCCCCCCCCCCCCCCCCC(C)C. The first-order valence-corrected chi connectivity index (χ1v) is 41.7. The molecule has 0 saturated heterocycles. The molecule has 0 radical (unpaired) electrons. The average Bonchev–Trinajstić information content (AvgIpc) is 1.28. The molecule has 0 saturated carbocycles. The summed E-state index contributed by atoms with van der Waals surface area (Å²) in [4.78, 5) is 72.7. The number of carbonyl (C=O) groups is 4. The van der Waals surface area contributed by atoms with Crippen molar-refractivity contribution in [3.05, 3.63) is 0 Å². The van der Waals surface area contributed by atoms with Crippen LogP contribution in [0, 0.1) is 23.7 Å². The van der Waals surface area contributed by atoms with Crippen LogP contribution in [0.4, 0.5) is 0 Å². The summed E-state index contributed by atoms with van der Waals surface area (Å²) in [6.07, 6.45) is 48.8. The lowest BCUT2D eigenvalue weighted by Crippen LogP contribution is -2.30. The summed E-state index contributed by atoms with van der Waals surface area (Å²) in [6, 6.07) is 0. The van der Waals surface area contributed by atoms with Gasteiger partial charge in [0.25, 0.3) is 0 Å². The molecular formula is C75H146O17P2. The predicted molar refractivity (Wildman–Crippen MR) is 381 cm³/mol. The van der Waals surface area contributed by atoms with Gasteiger partial charge in [-0.2, -0.15) is 0 Å². The second-order valence-electron chi connectivity index (χ2n) is 28.7. The van der Waals surface area contributed by atoms with Gasteiger partial charge in [-0.1, -0.05) is 325 Å². The molecule has 0 rings (SSSR count). The summed E-state index contributed by atoms with van der Waals surface area (Å²) in [5.41, 5.74) is 0. The van der Waals surface area contributed by atoms with Gasteiger partial charge in [-0.3, -0.25) is 37.3 Å². The number of phosphoric acid groups is 2. The monoisotopic (exact) mass is 1380 g/mol. The molecule has 0 aromatic rings. The number of hydrogen-bond acceptors (Lipinski definition) is 15. The number of unbranched alkanes of at least 4 members (excludes halogenated alkanes) is 37. The quantitative estimate of drug-likeness (QED) is 0.0222. The van der Waals surface area contributed by atoms with E-state index in [9.17, 15) is 43.2 Å². The summed E-state index contributed by atoms with van der Waals surface area (Å²) in [5.74, 6) is 0.877. The van der Waals surface area contributed by atoms with E-state index in [1.807, 2.05) is 0 Å². The molecule has 0 amide bonds. The van der Waals surface area contributed by atoms with Gasteiger partial charge in [-0.05, 0) is 49.4 Å². The molecule has 0 aromatic heterocycles. The first-order chi connectivity index (χ1) is 45.1. The van der Waals surface area contributed by atoms with E-state index in [0.717, 1.165) is 114 Å². The number of carbonyl (C=O) groups excluding carboxylic acids is 4. The third kappa shape index (κ3) is 67.3. The predicted octanol–water partition coefficient (Wildman–Crippen LogP) is 21.7. The van der Waals surface area contributed by atoms with Crippen LogP contribution in [0.3, 0.4) is 0 Å². The third-order valence-corrected chi connectivity index (χ3v) is 19.6. The van der Waals surface area contributed by atoms with Crippen molar-refractivity contribution in [2.75, 3.05) is 39.6 Å². The van der Waals surface area contributed by atoms with Gasteiger partial charge in [-0.15, -0.1) is 0 Å². The molecule has 0 aliphatic carbocycles. The number of rotatable bonds is 72. The Labute approximate surface area is 575 Å². The fraction of sp³-hybridized carbons (Fsp3) is 0.947. The smallest absolute Gasteiger partial charge is 0.462 e. The van der Waals surface area contributed by atoms with E-state index in [2.05, 4.69) is 55.4 Å². The number of aliphatic hydroxyl groups is 1. The van der Waals surface area contributed by atoms with Crippen LogP contribution in [-0.2, 0) is 65.4 Å². The van der Waals surface area contributed by atoms with E-state index in [0.29, 0.717) is 31.6 Å². The van der Waals surface area contributed by atoms with E-state index < -0.39 is 97.5 Å². The average molecular weight is 1380 g/mol. The molecule has 0 fully saturated rings. The topological polar surface area (TPSA) is 237 Å². The first kappa shape index (κ1) is 92.1. The maximum atomic E-state index is 13.1. The van der Waals surface area contributed by atoms with Gasteiger partial charge in [0.1, 0.15) is 19.3 Å². The Morgan fingerprint density at radius 1 is 0.298 bits per heavy atom.